The highest BCUT2D eigenvalue weighted by molar-refractivity contribution is 6.06. The number of pyridine rings is 5. The number of anilines is 6. The second-order valence-corrected chi connectivity index (χ2v) is 31.5. The fraction of sp³-hybridized carbons (Fsp3) is 0.271. The van der Waals surface area contributed by atoms with Gasteiger partial charge in [-0.1, -0.05) is 83.6 Å². The molecule has 0 unspecified atom stereocenters. The Labute approximate surface area is 718 Å². The molecule has 8 heterocycles. The molecule has 0 atom stereocenters. The number of nitrogens with one attached hydrogen (secondary N) is 3. The molecule has 642 valence electrons. The zero-order valence-corrected chi connectivity index (χ0v) is 70.1. The lowest BCUT2D eigenvalue weighted by molar-refractivity contribution is -0.139. The fourth-order valence-electron chi connectivity index (χ4n) is 14.8. The first-order chi connectivity index (χ1) is 59.5. The zero-order chi connectivity index (χ0) is 89.2. The summed E-state index contributed by atoms with van der Waals surface area (Å²) in [6.45, 7) is 19.3. The normalized spacial score (nSPS) is 14.4. The maximum Gasteiger partial charge on any atom is 0.416 e. The van der Waals surface area contributed by atoms with Crippen LogP contribution in [0, 0.1) is 70.1 Å². The van der Waals surface area contributed by atoms with E-state index in [4.69, 9.17) is 17.2 Å². The Morgan fingerprint density at radius 3 is 1.13 bits per heavy atom. The number of likely N-dealkylation sites (N-methyl/N-ethyl adjacent to an activating group) is 3. The van der Waals surface area contributed by atoms with Gasteiger partial charge in [-0.2, -0.15) is 39.5 Å². The molecule has 15 rings (SSSR count). The number of nitrogen functional groups attached to an aromatic ring is 3. The summed E-state index contributed by atoms with van der Waals surface area (Å²) in [6, 6.07) is 36.4. The van der Waals surface area contributed by atoms with Crippen LogP contribution >= 0.6 is 0 Å². The summed E-state index contributed by atoms with van der Waals surface area (Å²) in [5.41, 5.74) is 26.5. The molecule has 0 spiro atoms. The molecule has 0 saturated carbocycles. The number of aromatic nitrogens is 5. The minimum absolute atomic E-state index is 0.0692. The lowest BCUT2D eigenvalue weighted by Gasteiger charge is -2.33. The van der Waals surface area contributed by atoms with Gasteiger partial charge in [0, 0.05) is 207 Å². The first kappa shape index (κ1) is 89.4. The fourth-order valence-corrected chi connectivity index (χ4v) is 14.8. The molecule has 0 bridgehead atoms. The summed E-state index contributed by atoms with van der Waals surface area (Å²) in [7, 11) is 5.99. The standard InChI is InChI=1S/C34H34F3N5O.2C31H29F3N6O/c1-21-15-23(3)30-19-39-32(38)28(29(30)16-21)10-8-24-17-25(6-5-22(24)2)33(43)40-27-9-7-26(31(18-27)34(35,36)37)20-42-13-11-41(4)12-14-42;1-20-3-4-22(15-21(20)6-8-27-26-9-10-36-17-24(26)18-37-29(27)35)30(41)38-25-7-5-23(28(16-25)31(32,33)34)19-40-13-11-39(2)12-14-40;1-20-5-6-22(16-21(20)8-10-26-25-4-3-11-36-28(25)18-37-29(26)35)30(41)38-24-9-7-23(27(17-24)31(32,33)34)19-40-14-12-39(2)13-15-40/h5-7,9,15-19H,11-14,20H2,1-4H3,(H2,38,39)(H,40,43);3-5,7,9-10,15-18H,11-14,19H2,1-2H3,(H2,35,37)(H,38,41);3-7,9,11,16-18H,12-15,19H2,1-2H3,(H2,35,37)(H,38,41). The molecule has 3 aliphatic rings. The molecule has 12 aromatic rings. The quantitative estimate of drug-likeness (QED) is 0.0491. The average Bonchev–Trinajstić information content (AvgIpc) is 0.797. The number of aryl methyl sites for hydroxylation is 5. The molecular formula is C96H92F9N17O3. The SMILES string of the molecule is Cc1cc(C)c2cnc(N)c(C#Cc3cc(C(=O)Nc4ccc(CN5CCN(C)CC5)c(C(F)(F)F)c4)ccc3C)c2c1.Cc1ccc(C(=O)Nc2ccc(CN3CCN(C)CC3)c(C(F)(F)F)c2)cc1C#Cc1c(N)ncc2cnccc12.Cc1ccc(C(=O)Nc2ccc(CN3CCN(C)CC3)c(C(F)(F)F)c2)cc1C#Cc1c(N)ncc2ncccc12. The summed E-state index contributed by atoms with van der Waals surface area (Å²) in [4.78, 5) is 72.9. The van der Waals surface area contributed by atoms with Crippen molar-refractivity contribution in [2.75, 3.05) is 133 Å². The third-order valence-electron chi connectivity index (χ3n) is 22.3. The number of hydrogen-bond acceptors (Lipinski definition) is 17. The van der Waals surface area contributed by atoms with E-state index in [1.807, 2.05) is 82.6 Å². The van der Waals surface area contributed by atoms with Crippen LogP contribution in [-0.4, -0.2) is 172 Å². The summed E-state index contributed by atoms with van der Waals surface area (Å²) < 4.78 is 126. The van der Waals surface area contributed by atoms with Crippen molar-refractivity contribution in [3.8, 4) is 35.5 Å². The summed E-state index contributed by atoms with van der Waals surface area (Å²) in [5.74, 6) is 17.8. The number of carbonyl (C=O) groups is 3. The number of amides is 3. The molecule has 9 N–H and O–H groups in total. The van der Waals surface area contributed by atoms with Crippen LogP contribution in [0.25, 0.3) is 32.4 Å². The number of fused-ring (bicyclic) bond motifs is 3. The van der Waals surface area contributed by atoms with E-state index >= 15 is 0 Å². The second kappa shape index (κ2) is 38.6. The van der Waals surface area contributed by atoms with Crippen LogP contribution in [0.15, 0.2) is 177 Å². The Morgan fingerprint density at radius 1 is 0.368 bits per heavy atom. The Kier molecular flexibility index (Phi) is 27.6. The van der Waals surface area contributed by atoms with E-state index in [1.54, 1.807) is 104 Å². The highest BCUT2D eigenvalue weighted by Gasteiger charge is 2.38. The van der Waals surface area contributed by atoms with Crippen molar-refractivity contribution in [2.45, 2.75) is 72.8 Å². The minimum Gasteiger partial charge on any atom is -0.383 e. The van der Waals surface area contributed by atoms with Crippen molar-refractivity contribution >= 4 is 84.7 Å². The molecule has 125 heavy (non-hydrogen) atoms. The van der Waals surface area contributed by atoms with Crippen LogP contribution in [-0.2, 0) is 38.2 Å². The number of alkyl halides is 9. The van der Waals surface area contributed by atoms with Gasteiger partial charge >= 0.3 is 18.5 Å². The van der Waals surface area contributed by atoms with Crippen molar-refractivity contribution in [3.63, 3.8) is 0 Å². The minimum atomic E-state index is -4.55. The first-order valence-electron chi connectivity index (χ1n) is 40.3. The third-order valence-corrected chi connectivity index (χ3v) is 22.3. The van der Waals surface area contributed by atoms with Gasteiger partial charge in [0.2, 0.25) is 0 Å². The number of halogens is 9. The maximum atomic E-state index is 14.0. The molecule has 3 fully saturated rings. The molecule has 5 aromatic heterocycles. The van der Waals surface area contributed by atoms with E-state index in [-0.39, 0.29) is 81.7 Å². The maximum absolute atomic E-state index is 14.0. The summed E-state index contributed by atoms with van der Waals surface area (Å²) in [5, 5.41) is 12.1. The van der Waals surface area contributed by atoms with Crippen molar-refractivity contribution < 1.29 is 53.9 Å². The van der Waals surface area contributed by atoms with Gasteiger partial charge in [-0.05, 0) is 192 Å². The highest BCUT2D eigenvalue weighted by atomic mass is 19.4. The van der Waals surface area contributed by atoms with Crippen molar-refractivity contribution in [3.05, 3.63) is 288 Å². The van der Waals surface area contributed by atoms with E-state index in [1.165, 1.54) is 36.4 Å². The monoisotopic (exact) mass is 1700 g/mol. The van der Waals surface area contributed by atoms with E-state index in [0.717, 1.165) is 112 Å². The van der Waals surface area contributed by atoms with Crippen molar-refractivity contribution in [1.82, 2.24) is 54.3 Å². The molecular weight excluding hydrogens is 1610 g/mol. The van der Waals surface area contributed by atoms with Gasteiger partial charge in [-0.15, -0.1) is 0 Å². The number of carbonyl (C=O) groups excluding carboxylic acids is 3. The lowest BCUT2D eigenvalue weighted by atomic mass is 9.99. The second-order valence-electron chi connectivity index (χ2n) is 31.5. The van der Waals surface area contributed by atoms with Gasteiger partial charge in [-0.3, -0.25) is 39.1 Å². The van der Waals surface area contributed by atoms with Crippen LogP contribution in [0.2, 0.25) is 0 Å². The van der Waals surface area contributed by atoms with Crippen LogP contribution in [0.3, 0.4) is 0 Å². The zero-order valence-electron chi connectivity index (χ0n) is 70.1. The Balaban J connectivity index is 0.000000161. The molecule has 7 aromatic carbocycles. The molecule has 20 nitrogen and oxygen atoms in total. The lowest BCUT2D eigenvalue weighted by Crippen LogP contribution is -2.44. The highest BCUT2D eigenvalue weighted by Crippen LogP contribution is 2.39. The first-order valence-corrected chi connectivity index (χ1v) is 40.3. The number of benzene rings is 7. The number of rotatable bonds is 12. The molecule has 0 aliphatic carbocycles. The summed E-state index contributed by atoms with van der Waals surface area (Å²) >= 11 is 0. The van der Waals surface area contributed by atoms with Gasteiger partial charge < -0.3 is 47.9 Å². The number of hydrogen-bond donors (Lipinski definition) is 6. The number of piperazine rings is 3. The van der Waals surface area contributed by atoms with E-state index in [0.29, 0.717) is 84.0 Å². The van der Waals surface area contributed by atoms with Gasteiger partial charge in [0.25, 0.3) is 17.7 Å². The predicted octanol–water partition coefficient (Wildman–Crippen LogP) is 16.0. The molecule has 3 saturated heterocycles. The van der Waals surface area contributed by atoms with Crippen LogP contribution < -0.4 is 33.2 Å². The van der Waals surface area contributed by atoms with Gasteiger partial charge in [0.15, 0.2) is 0 Å². The third kappa shape index (κ3) is 22.6. The van der Waals surface area contributed by atoms with Gasteiger partial charge in [0.1, 0.15) is 17.5 Å². The van der Waals surface area contributed by atoms with Crippen molar-refractivity contribution in [2.24, 2.45) is 0 Å². The molecule has 3 aliphatic heterocycles. The smallest absolute Gasteiger partial charge is 0.383 e. The molecule has 0 radical (unpaired) electrons. The summed E-state index contributed by atoms with van der Waals surface area (Å²) in [6.07, 6.45) is -3.74. The van der Waals surface area contributed by atoms with Crippen molar-refractivity contribution in [1.29, 1.82) is 0 Å². The van der Waals surface area contributed by atoms with E-state index in [2.05, 4.69) is 97.2 Å². The molecule has 29 heteroatoms. The molecule has 3 amide bonds. The van der Waals surface area contributed by atoms with E-state index in [9.17, 15) is 53.9 Å². The van der Waals surface area contributed by atoms with Crippen LogP contribution in [0.5, 0.6) is 0 Å². The Morgan fingerprint density at radius 2 is 0.736 bits per heavy atom. The van der Waals surface area contributed by atoms with E-state index < -0.39 is 52.9 Å². The topological polar surface area (TPSA) is 249 Å². The van der Waals surface area contributed by atoms with Gasteiger partial charge in [0.05, 0.1) is 45.1 Å². The number of nitrogens with two attached hydrogens (primary N) is 3. The number of nitrogens with zero attached hydrogens (tertiary/aromatic N) is 11. The van der Waals surface area contributed by atoms with Crippen LogP contribution in [0.1, 0.15) is 126 Å². The largest absolute Gasteiger partial charge is 0.416 e. The van der Waals surface area contributed by atoms with Crippen LogP contribution in [0.4, 0.5) is 74.0 Å². The van der Waals surface area contributed by atoms with Gasteiger partial charge in [-0.25, -0.2) is 15.0 Å². The Bertz CT molecular complexity index is 6050. The predicted molar refractivity (Wildman–Crippen MR) is 472 cm³/mol. The average molecular weight is 1700 g/mol. The Hall–Kier alpha value is -13.3.